The SMILES string of the molecule is C#CCN(C(=O)NCc1ccccc1)N1CC(=O)N2[C@@H](Cc3ccc(O)cc3)C(=O)N(Cc3cccc4sc(C=C)nc34)C[C@@H]21. The van der Waals surface area contributed by atoms with Gasteiger partial charge in [-0.15, -0.1) is 17.8 Å². The number of urea groups is 1. The lowest BCUT2D eigenvalue weighted by atomic mass is 9.99. The maximum absolute atomic E-state index is 14.2. The Hall–Kier alpha value is -5.18. The smallest absolute Gasteiger partial charge is 0.333 e. The number of benzene rings is 3. The summed E-state index contributed by atoms with van der Waals surface area (Å²) < 4.78 is 0.988. The lowest BCUT2D eigenvalue weighted by molar-refractivity contribution is -0.157. The maximum atomic E-state index is 14.2. The van der Waals surface area contributed by atoms with Gasteiger partial charge in [0.15, 0.2) is 0 Å². The molecule has 4 amide bonds. The topological polar surface area (TPSA) is 109 Å². The summed E-state index contributed by atoms with van der Waals surface area (Å²) in [6.07, 6.45) is 7.02. The number of aromatic hydroxyl groups is 1. The quantitative estimate of drug-likeness (QED) is 0.276. The van der Waals surface area contributed by atoms with Gasteiger partial charge in [-0.3, -0.25) is 9.59 Å². The number of thiazole rings is 1. The van der Waals surface area contributed by atoms with E-state index in [9.17, 15) is 19.5 Å². The standard InChI is InChI=1S/C34H32N6O4S/c1-3-17-38(34(44)35-19-24-9-6-5-7-10-24)39-22-31(42)40-27(18-23-13-15-26(41)16-14-23)33(43)37(21-30(39)40)20-25-11-8-12-28-32(25)36-29(4-2)45-28/h1,4-16,27,30,41H,2,17-22H2,(H,35,44)/t27-,30+/m0/s1. The predicted molar refractivity (Wildman–Crippen MR) is 172 cm³/mol. The van der Waals surface area contributed by atoms with Gasteiger partial charge in [0.25, 0.3) is 0 Å². The summed E-state index contributed by atoms with van der Waals surface area (Å²) in [4.78, 5) is 49.4. The number of amides is 4. The van der Waals surface area contributed by atoms with Crippen LogP contribution >= 0.6 is 11.3 Å². The molecule has 228 valence electrons. The summed E-state index contributed by atoms with van der Waals surface area (Å²) >= 11 is 1.53. The van der Waals surface area contributed by atoms with Gasteiger partial charge in [-0.05, 0) is 41.0 Å². The summed E-state index contributed by atoms with van der Waals surface area (Å²) in [7, 11) is 0. The molecule has 0 unspecified atom stereocenters. The lowest BCUT2D eigenvalue weighted by Crippen LogP contribution is -2.66. The van der Waals surface area contributed by atoms with E-state index in [4.69, 9.17) is 11.4 Å². The number of terminal acetylenes is 1. The van der Waals surface area contributed by atoms with E-state index in [2.05, 4.69) is 17.8 Å². The zero-order valence-corrected chi connectivity index (χ0v) is 25.3. The van der Waals surface area contributed by atoms with Crippen molar-refractivity contribution in [1.82, 2.24) is 30.1 Å². The summed E-state index contributed by atoms with van der Waals surface area (Å²) in [5.74, 6) is 2.18. The zero-order chi connectivity index (χ0) is 31.5. The molecular weight excluding hydrogens is 588 g/mol. The first-order valence-corrected chi connectivity index (χ1v) is 15.4. The Labute approximate surface area is 265 Å². The highest BCUT2D eigenvalue weighted by Crippen LogP contribution is 2.32. The molecule has 1 aromatic heterocycles. The van der Waals surface area contributed by atoms with E-state index < -0.39 is 18.2 Å². The van der Waals surface area contributed by atoms with Crippen molar-refractivity contribution in [3.8, 4) is 18.1 Å². The van der Waals surface area contributed by atoms with Crippen LogP contribution in [0.15, 0.2) is 79.4 Å². The number of hydrazine groups is 1. The monoisotopic (exact) mass is 620 g/mol. The van der Waals surface area contributed by atoms with Gasteiger partial charge in [-0.1, -0.05) is 67.1 Å². The molecule has 2 N–H and O–H groups in total. The summed E-state index contributed by atoms with van der Waals surface area (Å²) in [6.45, 7) is 4.39. The van der Waals surface area contributed by atoms with Crippen molar-refractivity contribution in [3.63, 3.8) is 0 Å². The number of phenolic OH excluding ortho intramolecular Hbond substituents is 1. The van der Waals surface area contributed by atoms with Crippen LogP contribution in [-0.4, -0.2) is 79.6 Å². The number of para-hydroxylation sites is 1. The number of nitrogens with one attached hydrogen (secondary N) is 1. The number of fused-ring (bicyclic) bond motifs is 2. The van der Waals surface area contributed by atoms with E-state index in [1.54, 1.807) is 45.2 Å². The largest absolute Gasteiger partial charge is 0.508 e. The average Bonchev–Trinajstić information content (AvgIpc) is 3.63. The van der Waals surface area contributed by atoms with Gasteiger partial charge < -0.3 is 20.2 Å². The zero-order valence-electron chi connectivity index (χ0n) is 24.5. The van der Waals surface area contributed by atoms with Crippen LogP contribution in [0.25, 0.3) is 16.3 Å². The van der Waals surface area contributed by atoms with Crippen molar-refractivity contribution < 1.29 is 19.5 Å². The molecule has 3 heterocycles. The highest BCUT2D eigenvalue weighted by molar-refractivity contribution is 7.19. The minimum absolute atomic E-state index is 0.0583. The molecule has 2 saturated heterocycles. The number of hydrogen-bond acceptors (Lipinski definition) is 7. The number of piperazine rings is 1. The molecule has 3 aromatic carbocycles. The lowest BCUT2D eigenvalue weighted by Gasteiger charge is -2.46. The van der Waals surface area contributed by atoms with E-state index in [0.717, 1.165) is 31.9 Å². The second-order valence-corrected chi connectivity index (χ2v) is 12.0. The van der Waals surface area contributed by atoms with Gasteiger partial charge >= 0.3 is 6.03 Å². The van der Waals surface area contributed by atoms with E-state index in [1.807, 2.05) is 48.5 Å². The van der Waals surface area contributed by atoms with Crippen molar-refractivity contribution >= 4 is 45.5 Å². The number of nitrogens with zero attached hydrogens (tertiary/aromatic N) is 5. The first-order chi connectivity index (χ1) is 21.9. The number of carbonyl (C=O) groups excluding carboxylic acids is 3. The second kappa shape index (κ2) is 12.8. The average molecular weight is 621 g/mol. The van der Waals surface area contributed by atoms with Gasteiger partial charge in [-0.2, -0.15) is 5.01 Å². The molecule has 2 fully saturated rings. The summed E-state index contributed by atoms with van der Waals surface area (Å²) in [5, 5.41) is 16.6. The third kappa shape index (κ3) is 6.11. The van der Waals surface area contributed by atoms with E-state index in [-0.39, 0.29) is 56.7 Å². The fraction of sp³-hybridized carbons (Fsp3) is 0.235. The number of phenols is 1. The molecule has 4 aromatic rings. The van der Waals surface area contributed by atoms with E-state index in [1.165, 1.54) is 16.3 Å². The fourth-order valence-corrected chi connectivity index (χ4v) is 6.79. The van der Waals surface area contributed by atoms with Gasteiger partial charge in [0.05, 0.1) is 29.9 Å². The van der Waals surface area contributed by atoms with Crippen LogP contribution in [0, 0.1) is 12.3 Å². The Morgan fingerprint density at radius 2 is 1.89 bits per heavy atom. The first kappa shape index (κ1) is 29.9. The molecule has 0 spiro atoms. The molecule has 45 heavy (non-hydrogen) atoms. The molecule has 2 atom stereocenters. The highest BCUT2D eigenvalue weighted by atomic mass is 32.1. The number of carbonyl (C=O) groups is 3. The van der Waals surface area contributed by atoms with Crippen LogP contribution in [0.5, 0.6) is 5.75 Å². The molecule has 0 saturated carbocycles. The van der Waals surface area contributed by atoms with Crippen LogP contribution < -0.4 is 5.32 Å². The van der Waals surface area contributed by atoms with Gasteiger partial charge in [-0.25, -0.2) is 14.8 Å². The Bertz CT molecular complexity index is 1780. The Morgan fingerprint density at radius 3 is 2.62 bits per heavy atom. The molecule has 0 radical (unpaired) electrons. The molecule has 0 bridgehead atoms. The minimum Gasteiger partial charge on any atom is -0.508 e. The predicted octanol–water partition coefficient (Wildman–Crippen LogP) is 3.83. The second-order valence-electron chi connectivity index (χ2n) is 10.9. The van der Waals surface area contributed by atoms with Crippen molar-refractivity contribution in [2.24, 2.45) is 0 Å². The number of aromatic nitrogens is 1. The Balaban J connectivity index is 1.32. The molecule has 2 aliphatic heterocycles. The van der Waals surface area contributed by atoms with Crippen molar-refractivity contribution in [1.29, 1.82) is 0 Å². The third-order valence-corrected chi connectivity index (χ3v) is 9.08. The van der Waals surface area contributed by atoms with Crippen LogP contribution in [0.3, 0.4) is 0 Å². The molecule has 2 aliphatic rings. The van der Waals surface area contributed by atoms with E-state index >= 15 is 0 Å². The fourth-order valence-electron chi connectivity index (χ4n) is 5.92. The van der Waals surface area contributed by atoms with Gasteiger partial charge in [0.1, 0.15) is 23.0 Å². The van der Waals surface area contributed by atoms with Crippen LogP contribution in [0.2, 0.25) is 0 Å². The Kier molecular flexibility index (Phi) is 8.51. The van der Waals surface area contributed by atoms with Crippen LogP contribution in [0.1, 0.15) is 21.7 Å². The van der Waals surface area contributed by atoms with E-state index in [0.29, 0.717) is 0 Å². The van der Waals surface area contributed by atoms with Gasteiger partial charge in [0.2, 0.25) is 11.8 Å². The van der Waals surface area contributed by atoms with Crippen molar-refractivity contribution in [3.05, 3.63) is 101 Å². The maximum Gasteiger partial charge on any atom is 0.333 e. The molecular formula is C34H32N6O4S. The van der Waals surface area contributed by atoms with Crippen LogP contribution in [-0.2, 0) is 29.1 Å². The number of hydrogen-bond donors (Lipinski definition) is 2. The molecule has 6 rings (SSSR count). The molecule has 10 nitrogen and oxygen atoms in total. The van der Waals surface area contributed by atoms with Gasteiger partial charge in [0, 0.05) is 19.5 Å². The first-order valence-electron chi connectivity index (χ1n) is 14.5. The molecule has 11 heteroatoms. The summed E-state index contributed by atoms with van der Waals surface area (Å²) in [6, 6.07) is 20.7. The van der Waals surface area contributed by atoms with Crippen LogP contribution in [0.4, 0.5) is 4.79 Å². The summed E-state index contributed by atoms with van der Waals surface area (Å²) in [5.41, 5.74) is 3.39. The third-order valence-electron chi connectivity index (χ3n) is 8.06. The Morgan fingerprint density at radius 1 is 1.11 bits per heavy atom. The molecule has 0 aliphatic carbocycles. The van der Waals surface area contributed by atoms with Crippen molar-refractivity contribution in [2.45, 2.75) is 31.7 Å². The minimum atomic E-state index is -0.829. The number of rotatable bonds is 9. The highest BCUT2D eigenvalue weighted by Gasteiger charge is 2.52. The van der Waals surface area contributed by atoms with Crippen molar-refractivity contribution in [2.75, 3.05) is 19.6 Å². The normalized spacial score (nSPS) is 18.1.